The van der Waals surface area contributed by atoms with E-state index in [1.54, 1.807) is 12.1 Å². The van der Waals surface area contributed by atoms with E-state index in [0.29, 0.717) is 23.2 Å². The second kappa shape index (κ2) is 9.76. The molecule has 1 fully saturated rings. The van der Waals surface area contributed by atoms with Gasteiger partial charge in [-0.3, -0.25) is 9.89 Å². The largest absolute Gasteiger partial charge is 0.330 e. The highest BCUT2D eigenvalue weighted by Crippen LogP contribution is 2.25. The quantitative estimate of drug-likeness (QED) is 0.623. The first-order chi connectivity index (χ1) is 15.2. The van der Waals surface area contributed by atoms with Crippen molar-refractivity contribution in [2.45, 2.75) is 45.2 Å². The molecule has 0 aliphatic carbocycles. The summed E-state index contributed by atoms with van der Waals surface area (Å²) in [6.45, 7) is 5.95. The van der Waals surface area contributed by atoms with Gasteiger partial charge in [-0.15, -0.1) is 0 Å². The lowest BCUT2D eigenvalue weighted by molar-refractivity contribution is 0.0545. The van der Waals surface area contributed by atoms with Gasteiger partial charge in [-0.1, -0.05) is 43.7 Å². The molecule has 6 nitrogen and oxygen atoms in total. The summed E-state index contributed by atoms with van der Waals surface area (Å²) in [6, 6.07) is 17.8. The summed E-state index contributed by atoms with van der Waals surface area (Å²) in [4.78, 5) is 18.2. The van der Waals surface area contributed by atoms with Gasteiger partial charge >= 0.3 is 0 Å². The van der Waals surface area contributed by atoms with Crippen molar-refractivity contribution in [2.24, 2.45) is 0 Å². The van der Waals surface area contributed by atoms with Gasteiger partial charge in [-0.05, 0) is 49.6 Å². The Hall–Kier alpha value is -3.17. The number of H-pyrrole nitrogens is 1. The molecule has 1 aromatic heterocycles. The fourth-order valence-electron chi connectivity index (χ4n) is 4.37. The van der Waals surface area contributed by atoms with Crippen LogP contribution < -0.4 is 0 Å². The highest BCUT2D eigenvalue weighted by Gasteiger charge is 2.30. The predicted octanol–water partition coefficient (Wildman–Crippen LogP) is 4.34. The van der Waals surface area contributed by atoms with Crippen LogP contribution in [0, 0.1) is 11.3 Å². The number of amides is 1. The van der Waals surface area contributed by atoms with Gasteiger partial charge in [0.1, 0.15) is 0 Å². The molecule has 3 aromatic rings. The fourth-order valence-corrected chi connectivity index (χ4v) is 4.37. The van der Waals surface area contributed by atoms with Crippen LogP contribution in [0.25, 0.3) is 10.9 Å². The summed E-state index contributed by atoms with van der Waals surface area (Å²) in [5, 5.41) is 17.3. The predicted molar refractivity (Wildman–Crippen MR) is 121 cm³/mol. The molecule has 0 radical (unpaired) electrons. The maximum Gasteiger partial charge on any atom is 0.275 e. The summed E-state index contributed by atoms with van der Waals surface area (Å²) in [6.07, 6.45) is 4.36. The van der Waals surface area contributed by atoms with Crippen LogP contribution in [0.5, 0.6) is 0 Å². The molecule has 0 spiro atoms. The maximum atomic E-state index is 13.7. The molecule has 1 saturated heterocycles. The summed E-state index contributed by atoms with van der Waals surface area (Å²) in [5.41, 5.74) is 2.82. The third kappa shape index (κ3) is 4.78. The number of aromatic amines is 1. The lowest BCUT2D eigenvalue weighted by atomic mass is 10.0. The van der Waals surface area contributed by atoms with Crippen LogP contribution in [0.1, 0.15) is 54.2 Å². The van der Waals surface area contributed by atoms with E-state index in [1.807, 2.05) is 29.2 Å². The smallest absolute Gasteiger partial charge is 0.275 e. The van der Waals surface area contributed by atoms with Gasteiger partial charge in [0.2, 0.25) is 0 Å². The third-order valence-corrected chi connectivity index (χ3v) is 6.18. The number of carbonyl (C=O) groups is 1. The standard InChI is InChI=1S/C25H29N5O/c1-2-3-13-29-14-11-21(12-15-29)30(18-19-7-5-4-6-8-19)25(31)24-22-16-20(17-26)9-10-23(22)27-28-24/h4-10,16,21H,2-3,11-15,18H2,1H3,(H,27,28). The Morgan fingerprint density at radius 3 is 2.71 bits per heavy atom. The zero-order chi connectivity index (χ0) is 21.6. The fraction of sp³-hybridized carbons (Fsp3) is 0.400. The van der Waals surface area contributed by atoms with Gasteiger partial charge < -0.3 is 9.80 Å². The zero-order valence-electron chi connectivity index (χ0n) is 18.1. The molecule has 1 N–H and O–H groups in total. The van der Waals surface area contributed by atoms with E-state index < -0.39 is 0 Å². The molecule has 160 valence electrons. The molecule has 31 heavy (non-hydrogen) atoms. The summed E-state index contributed by atoms with van der Waals surface area (Å²) in [5.74, 6) is -0.0720. The van der Waals surface area contributed by atoms with E-state index in [1.165, 1.54) is 12.8 Å². The second-order valence-electron chi connectivity index (χ2n) is 8.29. The van der Waals surface area contributed by atoms with E-state index >= 15 is 0 Å². The van der Waals surface area contributed by atoms with Crippen molar-refractivity contribution >= 4 is 16.8 Å². The minimum Gasteiger partial charge on any atom is -0.330 e. The number of hydrogen-bond donors (Lipinski definition) is 1. The number of likely N-dealkylation sites (tertiary alicyclic amines) is 1. The minimum absolute atomic E-state index is 0.0720. The van der Waals surface area contributed by atoms with Crippen LogP contribution in [0.15, 0.2) is 48.5 Å². The number of fused-ring (bicyclic) bond motifs is 1. The van der Waals surface area contributed by atoms with Gasteiger partial charge in [0.15, 0.2) is 5.69 Å². The van der Waals surface area contributed by atoms with Gasteiger partial charge in [0.05, 0.1) is 17.1 Å². The van der Waals surface area contributed by atoms with E-state index in [9.17, 15) is 10.1 Å². The number of nitrogens with one attached hydrogen (secondary N) is 1. The van der Waals surface area contributed by atoms with E-state index in [4.69, 9.17) is 0 Å². The topological polar surface area (TPSA) is 76.0 Å². The van der Waals surface area contributed by atoms with Crippen LogP contribution in [0.2, 0.25) is 0 Å². The molecule has 0 bridgehead atoms. The number of benzene rings is 2. The first kappa shape index (κ1) is 21.1. The Labute approximate surface area is 183 Å². The highest BCUT2D eigenvalue weighted by molar-refractivity contribution is 6.05. The molecular formula is C25H29N5O. The average molecular weight is 416 g/mol. The monoisotopic (exact) mass is 415 g/mol. The molecule has 6 heteroatoms. The summed E-state index contributed by atoms with van der Waals surface area (Å²) in [7, 11) is 0. The number of carbonyl (C=O) groups excluding carboxylic acids is 1. The number of aromatic nitrogens is 2. The number of rotatable bonds is 7. The van der Waals surface area contributed by atoms with Crippen LogP contribution >= 0.6 is 0 Å². The third-order valence-electron chi connectivity index (χ3n) is 6.18. The van der Waals surface area contributed by atoms with Gasteiger partial charge in [-0.25, -0.2) is 0 Å². The van der Waals surface area contributed by atoms with Crippen LogP contribution in [-0.2, 0) is 6.54 Å². The Balaban J connectivity index is 1.60. The van der Waals surface area contributed by atoms with Crippen molar-refractivity contribution in [3.05, 3.63) is 65.4 Å². The van der Waals surface area contributed by atoms with Crippen LogP contribution in [-0.4, -0.2) is 51.6 Å². The molecule has 1 aliphatic rings. The van der Waals surface area contributed by atoms with Crippen LogP contribution in [0.3, 0.4) is 0 Å². The number of hydrogen-bond acceptors (Lipinski definition) is 4. The number of nitriles is 1. The normalized spacial score (nSPS) is 15.1. The number of unbranched alkanes of at least 4 members (excludes halogenated alkanes) is 1. The van der Waals surface area contributed by atoms with Crippen molar-refractivity contribution < 1.29 is 4.79 Å². The summed E-state index contributed by atoms with van der Waals surface area (Å²) < 4.78 is 0. The molecule has 2 heterocycles. The molecule has 1 amide bonds. The lowest BCUT2D eigenvalue weighted by Gasteiger charge is -2.38. The van der Waals surface area contributed by atoms with Crippen molar-refractivity contribution in [3.63, 3.8) is 0 Å². The first-order valence-electron chi connectivity index (χ1n) is 11.1. The molecular weight excluding hydrogens is 386 g/mol. The second-order valence-corrected chi connectivity index (χ2v) is 8.29. The minimum atomic E-state index is -0.0720. The van der Waals surface area contributed by atoms with Crippen molar-refractivity contribution in [1.29, 1.82) is 5.26 Å². The van der Waals surface area contributed by atoms with E-state index in [-0.39, 0.29) is 11.9 Å². The van der Waals surface area contributed by atoms with Crippen molar-refractivity contribution in [3.8, 4) is 6.07 Å². The maximum absolute atomic E-state index is 13.7. The molecule has 1 aliphatic heterocycles. The molecule has 0 atom stereocenters. The Morgan fingerprint density at radius 1 is 1.23 bits per heavy atom. The van der Waals surface area contributed by atoms with Crippen molar-refractivity contribution in [1.82, 2.24) is 20.0 Å². The van der Waals surface area contributed by atoms with Crippen LogP contribution in [0.4, 0.5) is 0 Å². The van der Waals surface area contributed by atoms with Gasteiger partial charge in [0, 0.05) is 31.1 Å². The average Bonchev–Trinajstić information content (AvgIpc) is 3.25. The summed E-state index contributed by atoms with van der Waals surface area (Å²) >= 11 is 0. The lowest BCUT2D eigenvalue weighted by Crippen LogP contribution is -2.47. The number of nitrogens with zero attached hydrogens (tertiary/aromatic N) is 4. The van der Waals surface area contributed by atoms with E-state index in [0.717, 1.165) is 43.6 Å². The zero-order valence-corrected chi connectivity index (χ0v) is 18.1. The van der Waals surface area contributed by atoms with Gasteiger partial charge in [0.25, 0.3) is 5.91 Å². The Bertz CT molecular complexity index is 1060. The number of piperidine rings is 1. The Kier molecular flexibility index (Phi) is 6.63. The van der Waals surface area contributed by atoms with Crippen molar-refractivity contribution in [2.75, 3.05) is 19.6 Å². The molecule has 0 unspecified atom stereocenters. The Morgan fingerprint density at radius 2 is 2.00 bits per heavy atom. The molecule has 0 saturated carbocycles. The molecule has 2 aromatic carbocycles. The van der Waals surface area contributed by atoms with Gasteiger partial charge in [-0.2, -0.15) is 10.4 Å². The SMILES string of the molecule is CCCCN1CCC(N(Cc2ccccc2)C(=O)c2n[nH]c3ccc(C#N)cc23)CC1. The molecule has 4 rings (SSSR count). The highest BCUT2D eigenvalue weighted by atomic mass is 16.2. The first-order valence-corrected chi connectivity index (χ1v) is 11.1. The van der Waals surface area contributed by atoms with E-state index in [2.05, 4.69) is 40.2 Å².